The van der Waals surface area contributed by atoms with E-state index in [-0.39, 0.29) is 6.10 Å². The van der Waals surface area contributed by atoms with E-state index < -0.39 is 0 Å². The van der Waals surface area contributed by atoms with Gasteiger partial charge in [0.2, 0.25) is 0 Å². The summed E-state index contributed by atoms with van der Waals surface area (Å²) in [5.41, 5.74) is 3.02. The molecule has 1 N–H and O–H groups in total. The third-order valence-corrected chi connectivity index (χ3v) is 4.12. The highest BCUT2D eigenvalue weighted by Gasteiger charge is 2.17. The lowest BCUT2D eigenvalue weighted by Crippen LogP contribution is -2.41. The van der Waals surface area contributed by atoms with Gasteiger partial charge in [0.05, 0.1) is 24.3 Å². The molecule has 1 aromatic carbocycles. The first kappa shape index (κ1) is 16.4. The Morgan fingerprint density at radius 1 is 1.21 bits per heavy atom. The smallest absolute Gasteiger partial charge is 0.128 e. The average Bonchev–Trinajstić information content (AvgIpc) is 2.63. The third kappa shape index (κ3) is 4.31. The highest BCUT2D eigenvalue weighted by Crippen LogP contribution is 2.15. The van der Waals surface area contributed by atoms with Crippen molar-refractivity contribution in [3.63, 3.8) is 0 Å². The van der Waals surface area contributed by atoms with Crippen LogP contribution in [0.25, 0.3) is 0 Å². The number of nitrogens with one attached hydrogen (secondary N) is 1. The van der Waals surface area contributed by atoms with Gasteiger partial charge in [-0.3, -0.25) is 0 Å². The number of nitrogens with zero attached hydrogens (tertiary/aromatic N) is 3. The zero-order chi connectivity index (χ0) is 16.8. The monoisotopic (exact) mass is 322 g/mol. The van der Waals surface area contributed by atoms with Crippen LogP contribution in [0.5, 0.6) is 0 Å². The molecule has 124 valence electrons. The maximum atomic E-state index is 8.80. The first-order valence-electron chi connectivity index (χ1n) is 8.26. The van der Waals surface area contributed by atoms with Crippen LogP contribution in [0.15, 0.2) is 42.6 Å². The number of nitriles is 1. The molecule has 2 heterocycles. The largest absolute Gasteiger partial charge is 0.375 e. The molecule has 2 aromatic rings. The zero-order valence-corrected chi connectivity index (χ0v) is 13.9. The molecular weight excluding hydrogens is 300 g/mol. The van der Waals surface area contributed by atoms with Gasteiger partial charge in [-0.2, -0.15) is 5.26 Å². The normalized spacial score (nSPS) is 17.5. The van der Waals surface area contributed by atoms with E-state index in [4.69, 9.17) is 10.00 Å². The van der Waals surface area contributed by atoms with Crippen LogP contribution in [0.3, 0.4) is 0 Å². The predicted molar refractivity (Wildman–Crippen MR) is 93.6 cm³/mol. The summed E-state index contributed by atoms with van der Waals surface area (Å²) in [4.78, 5) is 6.85. The molecule has 1 saturated heterocycles. The number of morpholine rings is 1. The molecule has 1 aromatic heterocycles. The van der Waals surface area contributed by atoms with Crippen LogP contribution in [0, 0.1) is 11.3 Å². The third-order valence-electron chi connectivity index (χ3n) is 4.12. The van der Waals surface area contributed by atoms with E-state index >= 15 is 0 Å². The Labute approximate surface area is 142 Å². The van der Waals surface area contributed by atoms with Crippen LogP contribution >= 0.6 is 0 Å². The number of ether oxygens (including phenoxy) is 1. The Kier molecular flexibility index (Phi) is 5.42. The molecule has 0 amide bonds. The minimum Gasteiger partial charge on any atom is -0.375 e. The lowest BCUT2D eigenvalue weighted by Gasteiger charge is -2.32. The quantitative estimate of drug-likeness (QED) is 0.916. The van der Waals surface area contributed by atoms with E-state index in [0.717, 1.165) is 44.2 Å². The number of pyridine rings is 1. The second-order valence-corrected chi connectivity index (χ2v) is 6.06. The van der Waals surface area contributed by atoms with E-state index in [9.17, 15) is 0 Å². The summed E-state index contributed by atoms with van der Waals surface area (Å²) in [6, 6.07) is 14.0. The van der Waals surface area contributed by atoms with Crippen molar-refractivity contribution in [1.82, 2.24) is 10.3 Å². The van der Waals surface area contributed by atoms with Gasteiger partial charge in [-0.15, -0.1) is 0 Å². The van der Waals surface area contributed by atoms with Crippen molar-refractivity contribution in [1.29, 1.82) is 5.26 Å². The topological polar surface area (TPSA) is 61.2 Å². The van der Waals surface area contributed by atoms with Gasteiger partial charge in [0.15, 0.2) is 0 Å². The summed E-state index contributed by atoms with van der Waals surface area (Å²) in [6.45, 7) is 6.18. The first-order valence-corrected chi connectivity index (χ1v) is 8.26. The average molecular weight is 322 g/mol. The zero-order valence-electron chi connectivity index (χ0n) is 13.9. The second kappa shape index (κ2) is 7.91. The van der Waals surface area contributed by atoms with Gasteiger partial charge in [-0.1, -0.05) is 18.2 Å². The van der Waals surface area contributed by atoms with E-state index in [0.29, 0.717) is 5.56 Å². The number of hydrogen-bond donors (Lipinski definition) is 1. The number of hydrogen-bond acceptors (Lipinski definition) is 5. The summed E-state index contributed by atoms with van der Waals surface area (Å²) in [5.74, 6) is 1.01. The number of rotatable bonds is 5. The second-order valence-electron chi connectivity index (χ2n) is 6.06. The highest BCUT2D eigenvalue weighted by molar-refractivity contribution is 5.40. The fourth-order valence-corrected chi connectivity index (χ4v) is 2.78. The van der Waals surface area contributed by atoms with Crippen molar-refractivity contribution < 1.29 is 4.74 Å². The van der Waals surface area contributed by atoms with Gasteiger partial charge in [0, 0.05) is 32.4 Å². The Balaban J connectivity index is 1.50. The Hall–Kier alpha value is -2.42. The van der Waals surface area contributed by atoms with Crippen LogP contribution in [0.1, 0.15) is 23.6 Å². The molecule has 0 bridgehead atoms. The molecule has 0 spiro atoms. The van der Waals surface area contributed by atoms with Gasteiger partial charge in [0.1, 0.15) is 5.82 Å². The van der Waals surface area contributed by atoms with E-state index in [2.05, 4.69) is 40.3 Å². The van der Waals surface area contributed by atoms with Crippen LogP contribution in [-0.4, -0.2) is 30.8 Å². The van der Waals surface area contributed by atoms with Gasteiger partial charge in [-0.05, 0) is 36.2 Å². The van der Waals surface area contributed by atoms with Crippen molar-refractivity contribution >= 4 is 5.82 Å². The fraction of sp³-hybridized carbons (Fsp3) is 0.368. The maximum absolute atomic E-state index is 8.80. The van der Waals surface area contributed by atoms with E-state index in [1.807, 2.05) is 30.5 Å². The standard InChI is InChI=1S/C19H22N4O/c1-15-14-23(8-9-24-15)19-7-6-18(13-22-19)12-21-11-17-4-2-16(10-20)3-5-17/h2-7,13,15,21H,8-9,11-12,14H2,1H3. The van der Waals surface area contributed by atoms with E-state index in [1.165, 1.54) is 5.56 Å². The summed E-state index contributed by atoms with van der Waals surface area (Å²) in [5, 5.41) is 12.2. The fourth-order valence-electron chi connectivity index (χ4n) is 2.78. The van der Waals surface area contributed by atoms with Crippen molar-refractivity contribution in [2.24, 2.45) is 0 Å². The van der Waals surface area contributed by atoms with Crippen molar-refractivity contribution in [2.75, 3.05) is 24.6 Å². The summed E-state index contributed by atoms with van der Waals surface area (Å²) >= 11 is 0. The minimum absolute atomic E-state index is 0.259. The molecule has 0 saturated carbocycles. The molecule has 1 fully saturated rings. The van der Waals surface area contributed by atoms with Gasteiger partial charge >= 0.3 is 0 Å². The van der Waals surface area contributed by atoms with Gasteiger partial charge in [-0.25, -0.2) is 4.98 Å². The Morgan fingerprint density at radius 2 is 1.96 bits per heavy atom. The number of anilines is 1. The van der Waals surface area contributed by atoms with Crippen LogP contribution in [0.4, 0.5) is 5.82 Å². The summed E-state index contributed by atoms with van der Waals surface area (Å²) < 4.78 is 5.57. The van der Waals surface area contributed by atoms with Crippen LogP contribution in [0.2, 0.25) is 0 Å². The first-order chi connectivity index (χ1) is 11.7. The molecule has 1 aliphatic rings. The lowest BCUT2D eigenvalue weighted by atomic mass is 10.1. The molecule has 0 aliphatic carbocycles. The lowest BCUT2D eigenvalue weighted by molar-refractivity contribution is 0.0529. The van der Waals surface area contributed by atoms with E-state index in [1.54, 1.807) is 0 Å². The minimum atomic E-state index is 0.259. The number of benzene rings is 1. The maximum Gasteiger partial charge on any atom is 0.128 e. The van der Waals surface area contributed by atoms with Crippen molar-refractivity contribution in [3.8, 4) is 6.07 Å². The van der Waals surface area contributed by atoms with Crippen molar-refractivity contribution in [3.05, 3.63) is 59.3 Å². The Morgan fingerprint density at radius 3 is 2.62 bits per heavy atom. The molecule has 0 radical (unpaired) electrons. The SMILES string of the molecule is CC1CN(c2ccc(CNCc3ccc(C#N)cc3)cn2)CCO1. The molecule has 24 heavy (non-hydrogen) atoms. The van der Waals surface area contributed by atoms with Crippen LogP contribution < -0.4 is 10.2 Å². The molecule has 1 aliphatic heterocycles. The summed E-state index contributed by atoms with van der Waals surface area (Å²) in [6.07, 6.45) is 2.19. The molecule has 5 heteroatoms. The summed E-state index contributed by atoms with van der Waals surface area (Å²) in [7, 11) is 0. The number of aromatic nitrogens is 1. The van der Waals surface area contributed by atoms with Gasteiger partial charge in [0.25, 0.3) is 0 Å². The van der Waals surface area contributed by atoms with Gasteiger partial charge < -0.3 is 15.0 Å². The van der Waals surface area contributed by atoms with Crippen molar-refractivity contribution in [2.45, 2.75) is 26.1 Å². The van der Waals surface area contributed by atoms with Crippen LogP contribution in [-0.2, 0) is 17.8 Å². The molecular formula is C19H22N4O. The molecule has 5 nitrogen and oxygen atoms in total. The molecule has 1 unspecified atom stereocenters. The molecule has 1 atom stereocenters. The Bertz CT molecular complexity index is 691. The highest BCUT2D eigenvalue weighted by atomic mass is 16.5. The molecule has 3 rings (SSSR count). The predicted octanol–water partition coefficient (Wildman–Crippen LogP) is 2.47.